The third-order valence-electron chi connectivity index (χ3n) is 4.67. The molecule has 0 aromatic heterocycles. The predicted molar refractivity (Wildman–Crippen MR) is 88.0 cm³/mol. The third-order valence-corrected chi connectivity index (χ3v) is 7.55. The minimum absolute atomic E-state index is 0.0889. The van der Waals surface area contributed by atoms with Crippen molar-refractivity contribution in [2.75, 3.05) is 6.26 Å². The Kier molecular flexibility index (Phi) is 4.29. The second-order valence-corrected chi connectivity index (χ2v) is 10.2. The van der Waals surface area contributed by atoms with Crippen molar-refractivity contribution >= 4 is 20.0 Å². The monoisotopic (exact) mass is 358 g/mol. The Hall–Kier alpha value is -0.960. The molecule has 6 nitrogen and oxygen atoms in total. The van der Waals surface area contributed by atoms with Gasteiger partial charge in [-0.3, -0.25) is 0 Å². The van der Waals surface area contributed by atoms with Crippen molar-refractivity contribution in [1.82, 2.24) is 9.03 Å². The van der Waals surface area contributed by atoms with E-state index in [1.54, 1.807) is 22.5 Å². The van der Waals surface area contributed by atoms with E-state index in [-0.39, 0.29) is 23.0 Å². The summed E-state index contributed by atoms with van der Waals surface area (Å²) < 4.78 is 53.2. The van der Waals surface area contributed by atoms with Crippen LogP contribution in [0.15, 0.2) is 29.2 Å². The molecule has 2 aliphatic heterocycles. The molecule has 1 aromatic rings. The van der Waals surface area contributed by atoms with E-state index < -0.39 is 20.0 Å². The Balaban J connectivity index is 1.76. The zero-order valence-electron chi connectivity index (χ0n) is 13.3. The van der Waals surface area contributed by atoms with E-state index in [0.29, 0.717) is 12.8 Å². The Bertz CT molecular complexity index is 791. The van der Waals surface area contributed by atoms with Gasteiger partial charge in [-0.2, -0.15) is 4.31 Å². The number of hydrogen-bond donors (Lipinski definition) is 1. The molecule has 2 fully saturated rings. The van der Waals surface area contributed by atoms with Gasteiger partial charge < -0.3 is 0 Å². The molecule has 0 aliphatic carbocycles. The van der Waals surface area contributed by atoms with E-state index in [2.05, 4.69) is 4.72 Å². The molecule has 0 saturated carbocycles. The zero-order valence-corrected chi connectivity index (χ0v) is 14.9. The predicted octanol–water partition coefficient (Wildman–Crippen LogP) is 1.23. The first-order valence-corrected chi connectivity index (χ1v) is 11.1. The number of nitrogens with zero attached hydrogens (tertiary/aromatic N) is 1. The van der Waals surface area contributed by atoms with E-state index in [4.69, 9.17) is 0 Å². The first-order valence-electron chi connectivity index (χ1n) is 7.74. The summed E-state index contributed by atoms with van der Waals surface area (Å²) in [5.74, 6) is 0. The number of aryl methyl sites for hydroxylation is 1. The molecule has 1 N–H and O–H groups in total. The number of piperidine rings is 1. The SMILES string of the molecule is Cc1cccc(S(=O)(=O)NC2CC3CCC(C2)N3S(C)(=O)=O)c1. The minimum Gasteiger partial charge on any atom is -0.212 e. The van der Waals surface area contributed by atoms with Crippen LogP contribution in [0.2, 0.25) is 0 Å². The second-order valence-electron chi connectivity index (χ2n) is 6.58. The molecular weight excluding hydrogens is 336 g/mol. The molecule has 3 rings (SSSR count). The van der Waals surface area contributed by atoms with Crippen LogP contribution in [-0.2, 0) is 20.0 Å². The molecule has 2 heterocycles. The van der Waals surface area contributed by atoms with Crippen LogP contribution < -0.4 is 4.72 Å². The Morgan fingerprint density at radius 1 is 1.09 bits per heavy atom. The molecule has 1 aromatic carbocycles. The fourth-order valence-electron chi connectivity index (χ4n) is 3.84. The molecule has 0 spiro atoms. The maximum Gasteiger partial charge on any atom is 0.240 e. The van der Waals surface area contributed by atoms with Crippen LogP contribution >= 0.6 is 0 Å². The Morgan fingerprint density at radius 3 is 2.22 bits per heavy atom. The summed E-state index contributed by atoms with van der Waals surface area (Å²) >= 11 is 0. The second kappa shape index (κ2) is 5.84. The molecule has 2 unspecified atom stereocenters. The van der Waals surface area contributed by atoms with Crippen molar-refractivity contribution in [2.45, 2.75) is 55.6 Å². The number of rotatable bonds is 4. The van der Waals surface area contributed by atoms with Crippen LogP contribution in [0.3, 0.4) is 0 Å². The van der Waals surface area contributed by atoms with Gasteiger partial charge in [0.1, 0.15) is 0 Å². The molecule has 2 atom stereocenters. The third kappa shape index (κ3) is 3.45. The molecule has 0 radical (unpaired) electrons. The largest absolute Gasteiger partial charge is 0.240 e. The zero-order chi connectivity index (χ0) is 16.8. The standard InChI is InChI=1S/C15H22N2O4S2/c1-11-4-3-5-15(8-11)23(20,21)16-12-9-13-6-7-14(10-12)17(13)22(2,18)19/h3-5,8,12-14,16H,6-7,9-10H2,1-2H3. The van der Waals surface area contributed by atoms with Crippen molar-refractivity contribution in [1.29, 1.82) is 0 Å². The highest BCUT2D eigenvalue weighted by atomic mass is 32.2. The van der Waals surface area contributed by atoms with Crippen molar-refractivity contribution in [2.24, 2.45) is 0 Å². The summed E-state index contributed by atoms with van der Waals surface area (Å²) in [6.07, 6.45) is 3.92. The number of sulfonamides is 2. The van der Waals surface area contributed by atoms with Crippen molar-refractivity contribution < 1.29 is 16.8 Å². The summed E-state index contributed by atoms with van der Waals surface area (Å²) in [5.41, 5.74) is 0.889. The van der Waals surface area contributed by atoms with Gasteiger partial charge in [0.15, 0.2) is 0 Å². The van der Waals surface area contributed by atoms with Gasteiger partial charge in [0.25, 0.3) is 0 Å². The Morgan fingerprint density at radius 2 is 1.70 bits per heavy atom. The topological polar surface area (TPSA) is 83.6 Å². The average molecular weight is 358 g/mol. The van der Waals surface area contributed by atoms with Crippen molar-refractivity contribution in [3.8, 4) is 0 Å². The van der Waals surface area contributed by atoms with E-state index in [1.807, 2.05) is 13.0 Å². The first-order chi connectivity index (χ1) is 10.7. The molecule has 2 aliphatic rings. The molecule has 128 valence electrons. The van der Waals surface area contributed by atoms with Gasteiger partial charge in [0.05, 0.1) is 11.2 Å². The molecule has 8 heteroatoms. The highest BCUT2D eigenvalue weighted by Crippen LogP contribution is 2.37. The van der Waals surface area contributed by atoms with Gasteiger partial charge in [-0.15, -0.1) is 0 Å². The summed E-state index contributed by atoms with van der Waals surface area (Å²) in [4.78, 5) is 0.260. The number of fused-ring (bicyclic) bond motifs is 2. The summed E-state index contributed by atoms with van der Waals surface area (Å²) in [5, 5.41) is 0. The maximum atomic E-state index is 12.5. The lowest BCUT2D eigenvalue weighted by Gasteiger charge is -2.37. The van der Waals surface area contributed by atoms with Gasteiger partial charge in [-0.05, 0) is 50.3 Å². The van der Waals surface area contributed by atoms with E-state index in [0.717, 1.165) is 18.4 Å². The number of nitrogens with one attached hydrogen (secondary N) is 1. The van der Waals surface area contributed by atoms with Crippen LogP contribution in [0.1, 0.15) is 31.2 Å². The lowest BCUT2D eigenvalue weighted by molar-refractivity contribution is 0.221. The average Bonchev–Trinajstić information content (AvgIpc) is 2.71. The number of benzene rings is 1. The lowest BCUT2D eigenvalue weighted by atomic mass is 10.0. The van der Waals surface area contributed by atoms with E-state index in [1.165, 1.54) is 6.26 Å². The van der Waals surface area contributed by atoms with Crippen LogP contribution in [-0.4, -0.2) is 45.5 Å². The van der Waals surface area contributed by atoms with E-state index >= 15 is 0 Å². The van der Waals surface area contributed by atoms with Crippen LogP contribution in [0.25, 0.3) is 0 Å². The lowest BCUT2D eigenvalue weighted by Crippen LogP contribution is -2.51. The maximum absolute atomic E-state index is 12.5. The first kappa shape index (κ1) is 16.9. The summed E-state index contributed by atoms with van der Waals surface area (Å²) in [7, 11) is -6.80. The Labute approximate surface area is 138 Å². The van der Waals surface area contributed by atoms with Gasteiger partial charge in [-0.25, -0.2) is 21.6 Å². The molecule has 23 heavy (non-hydrogen) atoms. The van der Waals surface area contributed by atoms with Crippen LogP contribution in [0.4, 0.5) is 0 Å². The van der Waals surface area contributed by atoms with E-state index in [9.17, 15) is 16.8 Å². The number of hydrogen-bond acceptors (Lipinski definition) is 4. The molecule has 0 amide bonds. The van der Waals surface area contributed by atoms with Gasteiger partial charge >= 0.3 is 0 Å². The van der Waals surface area contributed by atoms with Gasteiger partial charge in [0.2, 0.25) is 20.0 Å². The molecule has 2 saturated heterocycles. The molecular formula is C15H22N2O4S2. The normalized spacial score (nSPS) is 28.9. The van der Waals surface area contributed by atoms with Crippen LogP contribution in [0.5, 0.6) is 0 Å². The highest BCUT2D eigenvalue weighted by molar-refractivity contribution is 7.89. The smallest absolute Gasteiger partial charge is 0.212 e. The fourth-order valence-corrected chi connectivity index (χ4v) is 6.67. The quantitative estimate of drug-likeness (QED) is 0.877. The fraction of sp³-hybridized carbons (Fsp3) is 0.600. The molecule has 2 bridgehead atoms. The summed E-state index contributed by atoms with van der Waals surface area (Å²) in [6, 6.07) is 6.40. The highest BCUT2D eigenvalue weighted by Gasteiger charge is 2.45. The van der Waals surface area contributed by atoms with Crippen molar-refractivity contribution in [3.63, 3.8) is 0 Å². The summed E-state index contributed by atoms with van der Waals surface area (Å²) in [6.45, 7) is 1.85. The van der Waals surface area contributed by atoms with Gasteiger partial charge in [0, 0.05) is 18.1 Å². The minimum atomic E-state index is -3.57. The van der Waals surface area contributed by atoms with Gasteiger partial charge in [-0.1, -0.05) is 12.1 Å². The van der Waals surface area contributed by atoms with Crippen LogP contribution in [0, 0.1) is 6.92 Å². The van der Waals surface area contributed by atoms with Crippen molar-refractivity contribution in [3.05, 3.63) is 29.8 Å².